The van der Waals surface area contributed by atoms with E-state index in [4.69, 9.17) is 5.11 Å². The second-order valence-corrected chi connectivity index (χ2v) is 6.49. The van der Waals surface area contributed by atoms with Crippen LogP contribution in [0.3, 0.4) is 0 Å². The molecule has 136 valence electrons. The molecule has 7 heteroatoms. The van der Waals surface area contributed by atoms with Crippen LogP contribution in [-0.4, -0.2) is 53.5 Å². The Morgan fingerprint density at radius 2 is 1.92 bits per heavy atom. The van der Waals surface area contributed by atoms with E-state index in [0.717, 1.165) is 29.7 Å². The largest absolute Gasteiger partial charge is 0.480 e. The maximum atomic E-state index is 12.3. The number of benzene rings is 1. The fourth-order valence-corrected chi connectivity index (χ4v) is 2.58. The van der Waals surface area contributed by atoms with E-state index in [9.17, 15) is 14.4 Å². The second-order valence-electron chi connectivity index (χ2n) is 6.49. The number of hydrogen-bond acceptors (Lipinski definition) is 4. The van der Waals surface area contributed by atoms with E-state index in [1.807, 2.05) is 36.9 Å². The van der Waals surface area contributed by atoms with Crippen LogP contribution in [0, 0.1) is 13.8 Å². The number of aliphatic carboxylic acids is 1. The molecular weight excluding hydrogens is 322 g/mol. The zero-order valence-corrected chi connectivity index (χ0v) is 14.7. The van der Waals surface area contributed by atoms with E-state index >= 15 is 0 Å². The standard InChI is InChI=1S/C18H25N3O4/c1-12-3-4-13(2)15(9-12)20-17(23)11-21(14-5-6-14)8-7-16(22)19-10-18(24)25/h3-4,9,14H,5-8,10-11H2,1-2H3,(H,19,22)(H,20,23)(H,24,25). The number of hydrogen-bond donors (Lipinski definition) is 3. The highest BCUT2D eigenvalue weighted by Gasteiger charge is 2.30. The summed E-state index contributed by atoms with van der Waals surface area (Å²) < 4.78 is 0. The number of carbonyl (C=O) groups is 3. The van der Waals surface area contributed by atoms with Crippen LogP contribution in [0.25, 0.3) is 0 Å². The van der Waals surface area contributed by atoms with Crippen molar-refractivity contribution in [3.63, 3.8) is 0 Å². The van der Waals surface area contributed by atoms with Gasteiger partial charge < -0.3 is 15.7 Å². The van der Waals surface area contributed by atoms with Crippen LogP contribution in [0.1, 0.15) is 30.4 Å². The number of anilines is 1. The van der Waals surface area contributed by atoms with E-state index in [2.05, 4.69) is 10.6 Å². The normalized spacial score (nSPS) is 13.6. The van der Waals surface area contributed by atoms with E-state index in [1.165, 1.54) is 0 Å². The molecule has 0 unspecified atom stereocenters. The first-order valence-corrected chi connectivity index (χ1v) is 8.45. The van der Waals surface area contributed by atoms with Gasteiger partial charge in [0, 0.05) is 24.7 Å². The number of carboxylic acids is 1. The summed E-state index contributed by atoms with van der Waals surface area (Å²) in [5.74, 6) is -1.49. The van der Waals surface area contributed by atoms with Gasteiger partial charge in [-0.05, 0) is 43.9 Å². The summed E-state index contributed by atoms with van der Waals surface area (Å²) in [6, 6.07) is 6.23. The number of carboxylic acid groups (broad SMARTS) is 1. The molecule has 0 saturated heterocycles. The lowest BCUT2D eigenvalue weighted by Crippen LogP contribution is -2.38. The highest BCUT2D eigenvalue weighted by Crippen LogP contribution is 2.27. The summed E-state index contributed by atoms with van der Waals surface area (Å²) in [5, 5.41) is 13.8. The summed E-state index contributed by atoms with van der Waals surface area (Å²) in [4.78, 5) is 36.4. The maximum absolute atomic E-state index is 12.3. The molecule has 0 spiro atoms. The van der Waals surface area contributed by atoms with Crippen molar-refractivity contribution in [2.24, 2.45) is 0 Å². The first kappa shape index (κ1) is 18.9. The van der Waals surface area contributed by atoms with Crippen molar-refractivity contribution in [1.29, 1.82) is 0 Å². The predicted molar refractivity (Wildman–Crippen MR) is 94.4 cm³/mol. The van der Waals surface area contributed by atoms with Gasteiger partial charge in [0.1, 0.15) is 6.54 Å². The van der Waals surface area contributed by atoms with Crippen molar-refractivity contribution in [3.8, 4) is 0 Å². The Morgan fingerprint density at radius 3 is 2.56 bits per heavy atom. The lowest BCUT2D eigenvalue weighted by Gasteiger charge is -2.21. The minimum Gasteiger partial charge on any atom is -0.480 e. The van der Waals surface area contributed by atoms with E-state index in [-0.39, 0.29) is 31.3 Å². The molecular formula is C18H25N3O4. The van der Waals surface area contributed by atoms with Crippen LogP contribution in [0.4, 0.5) is 5.69 Å². The smallest absolute Gasteiger partial charge is 0.322 e. The van der Waals surface area contributed by atoms with E-state index in [0.29, 0.717) is 12.6 Å². The Morgan fingerprint density at radius 1 is 1.20 bits per heavy atom. The van der Waals surface area contributed by atoms with Gasteiger partial charge in [0.25, 0.3) is 0 Å². The third-order valence-electron chi connectivity index (χ3n) is 4.14. The zero-order chi connectivity index (χ0) is 18.4. The van der Waals surface area contributed by atoms with Crippen molar-refractivity contribution >= 4 is 23.5 Å². The third kappa shape index (κ3) is 6.54. The average molecular weight is 347 g/mol. The molecule has 0 aliphatic heterocycles. The van der Waals surface area contributed by atoms with E-state index in [1.54, 1.807) is 0 Å². The van der Waals surface area contributed by atoms with Crippen molar-refractivity contribution < 1.29 is 19.5 Å². The van der Waals surface area contributed by atoms with Crippen molar-refractivity contribution in [3.05, 3.63) is 29.3 Å². The lowest BCUT2D eigenvalue weighted by atomic mass is 10.1. The molecule has 1 aromatic carbocycles. The van der Waals surface area contributed by atoms with Crippen LogP contribution in [-0.2, 0) is 14.4 Å². The Hall–Kier alpha value is -2.41. The molecule has 2 rings (SSSR count). The van der Waals surface area contributed by atoms with E-state index < -0.39 is 5.97 Å². The van der Waals surface area contributed by atoms with Gasteiger partial charge in [-0.3, -0.25) is 19.3 Å². The number of nitrogens with one attached hydrogen (secondary N) is 2. The molecule has 0 atom stereocenters. The molecule has 0 aromatic heterocycles. The Labute approximate surface area is 147 Å². The average Bonchev–Trinajstić information content (AvgIpc) is 3.37. The minimum atomic E-state index is -1.07. The summed E-state index contributed by atoms with van der Waals surface area (Å²) in [7, 11) is 0. The Kier molecular flexibility index (Phi) is 6.52. The van der Waals surface area contributed by atoms with Crippen LogP contribution >= 0.6 is 0 Å². The van der Waals surface area contributed by atoms with Gasteiger partial charge in [0.2, 0.25) is 11.8 Å². The monoisotopic (exact) mass is 347 g/mol. The highest BCUT2D eigenvalue weighted by molar-refractivity contribution is 5.93. The van der Waals surface area contributed by atoms with Gasteiger partial charge in [-0.1, -0.05) is 12.1 Å². The molecule has 1 aliphatic rings. The topological polar surface area (TPSA) is 98.7 Å². The van der Waals surface area contributed by atoms with Gasteiger partial charge >= 0.3 is 5.97 Å². The summed E-state index contributed by atoms with van der Waals surface area (Å²) >= 11 is 0. The molecule has 25 heavy (non-hydrogen) atoms. The highest BCUT2D eigenvalue weighted by atomic mass is 16.4. The predicted octanol–water partition coefficient (Wildman–Crippen LogP) is 1.30. The Bertz CT molecular complexity index is 656. The van der Waals surface area contributed by atoms with Crippen molar-refractivity contribution in [2.75, 3.05) is 25.0 Å². The second kappa shape index (κ2) is 8.62. The molecule has 2 amide bonds. The van der Waals surface area contributed by atoms with Crippen molar-refractivity contribution in [2.45, 2.75) is 39.2 Å². The molecule has 0 bridgehead atoms. The van der Waals surface area contributed by atoms with Gasteiger partial charge in [-0.25, -0.2) is 0 Å². The molecule has 1 aliphatic carbocycles. The minimum absolute atomic E-state index is 0.105. The lowest BCUT2D eigenvalue weighted by molar-refractivity contribution is -0.138. The van der Waals surface area contributed by atoms with Crippen LogP contribution in [0.15, 0.2) is 18.2 Å². The van der Waals surface area contributed by atoms with Gasteiger partial charge in [0.15, 0.2) is 0 Å². The maximum Gasteiger partial charge on any atom is 0.322 e. The Balaban J connectivity index is 1.84. The number of aryl methyl sites for hydroxylation is 2. The van der Waals surface area contributed by atoms with Crippen LogP contribution in [0.2, 0.25) is 0 Å². The molecule has 1 fully saturated rings. The van der Waals surface area contributed by atoms with Gasteiger partial charge in [-0.15, -0.1) is 0 Å². The van der Waals surface area contributed by atoms with Gasteiger partial charge in [0.05, 0.1) is 6.54 Å². The number of carbonyl (C=O) groups excluding carboxylic acids is 2. The number of nitrogens with zero attached hydrogens (tertiary/aromatic N) is 1. The number of rotatable bonds is 9. The van der Waals surface area contributed by atoms with Crippen LogP contribution in [0.5, 0.6) is 0 Å². The summed E-state index contributed by atoms with van der Waals surface area (Å²) in [6.45, 7) is 4.21. The molecule has 1 aromatic rings. The molecule has 7 nitrogen and oxygen atoms in total. The third-order valence-corrected chi connectivity index (χ3v) is 4.14. The number of amides is 2. The first-order chi connectivity index (χ1) is 11.8. The molecule has 0 heterocycles. The van der Waals surface area contributed by atoms with Gasteiger partial charge in [-0.2, -0.15) is 0 Å². The molecule has 1 saturated carbocycles. The molecule has 0 radical (unpaired) electrons. The SMILES string of the molecule is Cc1ccc(C)c(NC(=O)CN(CCC(=O)NCC(=O)O)C2CC2)c1. The van der Waals surface area contributed by atoms with Crippen LogP contribution < -0.4 is 10.6 Å². The van der Waals surface area contributed by atoms with Crippen molar-refractivity contribution in [1.82, 2.24) is 10.2 Å². The zero-order valence-electron chi connectivity index (χ0n) is 14.7. The molecule has 3 N–H and O–H groups in total. The fraction of sp³-hybridized carbons (Fsp3) is 0.500. The first-order valence-electron chi connectivity index (χ1n) is 8.45. The summed E-state index contributed by atoms with van der Waals surface area (Å²) in [5.41, 5.74) is 2.89. The quantitative estimate of drug-likeness (QED) is 0.625. The fourth-order valence-electron chi connectivity index (χ4n) is 2.58. The summed E-state index contributed by atoms with van der Waals surface area (Å²) in [6.07, 6.45) is 2.22.